The van der Waals surface area contributed by atoms with Crippen LogP contribution < -0.4 is 10.6 Å². The lowest BCUT2D eigenvalue weighted by Crippen LogP contribution is -2.48. The van der Waals surface area contributed by atoms with Crippen LogP contribution in [0.2, 0.25) is 0 Å². The van der Waals surface area contributed by atoms with Crippen LogP contribution >= 0.6 is 11.8 Å². The Bertz CT molecular complexity index is 1010. The highest BCUT2D eigenvalue weighted by Crippen LogP contribution is 2.35. The summed E-state index contributed by atoms with van der Waals surface area (Å²) < 4.78 is 0. The Hall–Kier alpha value is -2.73. The van der Waals surface area contributed by atoms with Gasteiger partial charge in [0.15, 0.2) is 0 Å². The first-order valence-corrected chi connectivity index (χ1v) is 10.4. The molecule has 6 heteroatoms. The van der Waals surface area contributed by atoms with Gasteiger partial charge in [-0.1, -0.05) is 36.4 Å². The van der Waals surface area contributed by atoms with Crippen LogP contribution in [0, 0.1) is 0 Å². The van der Waals surface area contributed by atoms with Crippen molar-refractivity contribution < 1.29 is 9.59 Å². The molecule has 2 amide bonds. The summed E-state index contributed by atoms with van der Waals surface area (Å²) >= 11 is 1.82. The van der Waals surface area contributed by atoms with Crippen molar-refractivity contribution >= 4 is 34.5 Å². The Morgan fingerprint density at radius 1 is 1.18 bits per heavy atom. The summed E-state index contributed by atoms with van der Waals surface area (Å²) in [6.07, 6.45) is 3.24. The van der Waals surface area contributed by atoms with Gasteiger partial charge >= 0.3 is 0 Å². The third-order valence-corrected chi connectivity index (χ3v) is 6.19. The van der Waals surface area contributed by atoms with Crippen LogP contribution in [0.5, 0.6) is 0 Å². The molecular formula is C22H23N3O2S. The fourth-order valence-electron chi connectivity index (χ4n) is 3.74. The molecule has 0 aliphatic carbocycles. The average molecular weight is 394 g/mol. The maximum absolute atomic E-state index is 13.1. The number of benzene rings is 2. The van der Waals surface area contributed by atoms with Crippen molar-refractivity contribution in [3.63, 3.8) is 0 Å². The maximum Gasteiger partial charge on any atom is 0.243 e. The molecule has 144 valence electrons. The van der Waals surface area contributed by atoms with E-state index in [1.54, 1.807) is 0 Å². The average Bonchev–Trinajstić information content (AvgIpc) is 3.10. The first-order chi connectivity index (χ1) is 13.6. The number of carbonyl (C=O) groups excluding carboxylic acids is 2. The van der Waals surface area contributed by atoms with E-state index in [0.717, 1.165) is 34.2 Å². The predicted molar refractivity (Wildman–Crippen MR) is 112 cm³/mol. The predicted octanol–water partition coefficient (Wildman–Crippen LogP) is 3.57. The number of carbonyl (C=O) groups is 2. The van der Waals surface area contributed by atoms with E-state index in [4.69, 9.17) is 0 Å². The number of rotatable bonds is 5. The van der Waals surface area contributed by atoms with E-state index in [1.165, 1.54) is 11.8 Å². The molecule has 2 atom stereocenters. The van der Waals surface area contributed by atoms with Gasteiger partial charge < -0.3 is 15.6 Å². The zero-order valence-corrected chi connectivity index (χ0v) is 16.5. The van der Waals surface area contributed by atoms with Crippen molar-refractivity contribution in [1.82, 2.24) is 15.6 Å². The second-order valence-electron chi connectivity index (χ2n) is 7.05. The molecule has 2 heterocycles. The lowest BCUT2D eigenvalue weighted by molar-refractivity contribution is -0.128. The van der Waals surface area contributed by atoms with Crippen molar-refractivity contribution in [1.29, 1.82) is 0 Å². The molecule has 0 saturated carbocycles. The second-order valence-corrected chi connectivity index (χ2v) is 8.19. The molecule has 5 nitrogen and oxygen atoms in total. The molecular weight excluding hydrogens is 370 g/mol. The Labute approximate surface area is 168 Å². The second kappa shape index (κ2) is 8.10. The smallest absolute Gasteiger partial charge is 0.243 e. The highest BCUT2D eigenvalue weighted by atomic mass is 32.2. The molecule has 3 aromatic rings. The molecule has 1 aromatic heterocycles. The van der Waals surface area contributed by atoms with Gasteiger partial charge in [-0.25, -0.2) is 0 Å². The van der Waals surface area contributed by atoms with Crippen LogP contribution in [0.3, 0.4) is 0 Å². The van der Waals surface area contributed by atoms with Gasteiger partial charge in [0, 0.05) is 41.1 Å². The fraction of sp³-hybridized carbons (Fsp3) is 0.273. The molecule has 1 aliphatic rings. The van der Waals surface area contributed by atoms with Crippen molar-refractivity contribution in [2.24, 2.45) is 0 Å². The molecule has 2 aromatic carbocycles. The lowest BCUT2D eigenvalue weighted by atomic mass is 10.0. The number of thioether (sulfide) groups is 1. The van der Waals surface area contributed by atoms with E-state index in [-0.39, 0.29) is 17.9 Å². The Balaban J connectivity index is 1.54. The molecule has 1 aliphatic heterocycles. The summed E-state index contributed by atoms with van der Waals surface area (Å²) in [6.45, 7) is 1.45. The van der Waals surface area contributed by atoms with Gasteiger partial charge in [0.25, 0.3) is 0 Å². The molecule has 0 saturated heterocycles. The number of H-pyrrole nitrogens is 1. The van der Waals surface area contributed by atoms with Crippen LogP contribution in [0.4, 0.5) is 0 Å². The molecule has 0 radical (unpaired) electrons. The van der Waals surface area contributed by atoms with Crippen molar-refractivity contribution in [3.8, 4) is 0 Å². The first kappa shape index (κ1) is 18.6. The zero-order valence-electron chi connectivity index (χ0n) is 15.7. The summed E-state index contributed by atoms with van der Waals surface area (Å²) in [5.41, 5.74) is 3.20. The molecule has 28 heavy (non-hydrogen) atoms. The van der Waals surface area contributed by atoms with Crippen LogP contribution in [0.15, 0.2) is 59.6 Å². The standard InChI is InChI=1S/C22H23N3O2S/c1-14(26)24-20(12-15-13-23-18-8-4-2-6-16(15)18)22(27)25-19-10-11-28-21-9-5-3-7-17(19)21/h2-9,13,19-20,23H,10-12H2,1H3,(H,24,26)(H,25,27)/t19-,20-/m1/s1. The van der Waals surface area contributed by atoms with Gasteiger partial charge in [0.2, 0.25) is 11.8 Å². The van der Waals surface area contributed by atoms with E-state index < -0.39 is 6.04 Å². The lowest BCUT2D eigenvalue weighted by Gasteiger charge is -2.28. The summed E-state index contributed by atoms with van der Waals surface area (Å²) in [6, 6.07) is 15.5. The highest BCUT2D eigenvalue weighted by Gasteiger charge is 2.27. The van der Waals surface area contributed by atoms with Gasteiger partial charge in [-0.3, -0.25) is 9.59 Å². The summed E-state index contributed by atoms with van der Waals surface area (Å²) in [4.78, 5) is 29.3. The minimum Gasteiger partial charge on any atom is -0.361 e. The molecule has 0 bridgehead atoms. The summed E-state index contributed by atoms with van der Waals surface area (Å²) in [5.74, 6) is 0.613. The number of fused-ring (bicyclic) bond motifs is 2. The quantitative estimate of drug-likeness (QED) is 0.620. The first-order valence-electron chi connectivity index (χ1n) is 9.46. The summed E-state index contributed by atoms with van der Waals surface area (Å²) in [5, 5.41) is 7.06. The van der Waals surface area contributed by atoms with E-state index >= 15 is 0 Å². The fourth-order valence-corrected chi connectivity index (χ4v) is 4.86. The van der Waals surface area contributed by atoms with Gasteiger partial charge in [-0.2, -0.15) is 0 Å². The Morgan fingerprint density at radius 3 is 2.82 bits per heavy atom. The van der Waals surface area contributed by atoms with Crippen LogP contribution in [0.25, 0.3) is 10.9 Å². The largest absolute Gasteiger partial charge is 0.361 e. The summed E-state index contributed by atoms with van der Waals surface area (Å²) in [7, 11) is 0. The number of hydrogen-bond donors (Lipinski definition) is 3. The van der Waals surface area contributed by atoms with E-state index in [1.807, 2.05) is 54.4 Å². The topological polar surface area (TPSA) is 74.0 Å². The molecule has 0 fully saturated rings. The third kappa shape index (κ3) is 3.92. The number of aromatic nitrogens is 1. The van der Waals surface area contributed by atoms with Crippen molar-refractivity contribution in [2.75, 3.05) is 5.75 Å². The molecule has 4 rings (SSSR count). The minimum atomic E-state index is -0.613. The van der Waals surface area contributed by atoms with Crippen molar-refractivity contribution in [3.05, 3.63) is 65.9 Å². The van der Waals surface area contributed by atoms with Crippen molar-refractivity contribution in [2.45, 2.75) is 36.7 Å². The number of para-hydroxylation sites is 1. The number of hydrogen-bond acceptors (Lipinski definition) is 3. The normalized spacial score (nSPS) is 17.0. The minimum absolute atomic E-state index is 0.0239. The van der Waals surface area contributed by atoms with E-state index in [0.29, 0.717) is 6.42 Å². The number of nitrogens with one attached hydrogen (secondary N) is 3. The van der Waals surface area contributed by atoms with Crippen LogP contribution in [0.1, 0.15) is 30.5 Å². The van der Waals surface area contributed by atoms with Crippen LogP contribution in [-0.2, 0) is 16.0 Å². The Morgan fingerprint density at radius 2 is 1.96 bits per heavy atom. The van der Waals surface area contributed by atoms with E-state index in [2.05, 4.69) is 27.8 Å². The third-order valence-electron chi connectivity index (χ3n) is 5.07. The molecule has 0 unspecified atom stereocenters. The van der Waals surface area contributed by atoms with E-state index in [9.17, 15) is 9.59 Å². The highest BCUT2D eigenvalue weighted by molar-refractivity contribution is 7.99. The van der Waals surface area contributed by atoms with Gasteiger partial charge in [0.1, 0.15) is 6.04 Å². The Kier molecular flexibility index (Phi) is 5.39. The molecule has 0 spiro atoms. The maximum atomic E-state index is 13.1. The van der Waals surface area contributed by atoms with Gasteiger partial charge in [0.05, 0.1) is 6.04 Å². The van der Waals surface area contributed by atoms with Crippen LogP contribution in [-0.4, -0.2) is 28.6 Å². The van der Waals surface area contributed by atoms with Gasteiger partial charge in [-0.15, -0.1) is 11.8 Å². The number of aromatic amines is 1. The molecule has 3 N–H and O–H groups in total. The zero-order chi connectivity index (χ0) is 19.5. The monoisotopic (exact) mass is 393 g/mol. The number of amides is 2. The van der Waals surface area contributed by atoms with Gasteiger partial charge in [-0.05, 0) is 29.7 Å². The SMILES string of the molecule is CC(=O)N[C@H](Cc1c[nH]c2ccccc12)C(=O)N[C@@H]1CCSc2ccccc21.